The van der Waals surface area contributed by atoms with E-state index >= 15 is 0 Å². The summed E-state index contributed by atoms with van der Waals surface area (Å²) in [6.07, 6.45) is 1.90. The van der Waals surface area contributed by atoms with Gasteiger partial charge in [-0.05, 0) is 25.8 Å². The zero-order valence-electron chi connectivity index (χ0n) is 11.2. The first-order valence-corrected chi connectivity index (χ1v) is 6.07. The van der Waals surface area contributed by atoms with Gasteiger partial charge in [-0.3, -0.25) is 0 Å². The Bertz CT molecular complexity index is 532. The monoisotopic (exact) mass is 265 g/mol. The normalized spacial score (nSPS) is 17.3. The Morgan fingerprint density at radius 1 is 1.32 bits per heavy atom. The van der Waals surface area contributed by atoms with Crippen molar-refractivity contribution in [3.05, 3.63) is 23.3 Å². The van der Waals surface area contributed by atoms with Crippen molar-refractivity contribution >= 4 is 6.08 Å². The fourth-order valence-corrected chi connectivity index (χ4v) is 2.25. The van der Waals surface area contributed by atoms with Crippen LogP contribution in [-0.2, 0) is 10.3 Å². The Morgan fingerprint density at radius 2 is 1.95 bits per heavy atom. The van der Waals surface area contributed by atoms with E-state index in [0.29, 0.717) is 17.1 Å². The number of rotatable bonds is 5. The minimum absolute atomic E-state index is 0.432. The van der Waals surface area contributed by atoms with Crippen molar-refractivity contribution in [1.82, 2.24) is 0 Å². The summed E-state index contributed by atoms with van der Waals surface area (Å²) in [6, 6.07) is 3.32. The Balaban J connectivity index is 2.60. The van der Waals surface area contributed by atoms with E-state index in [1.54, 1.807) is 18.2 Å². The first-order chi connectivity index (χ1) is 9.07. The predicted molar refractivity (Wildman–Crippen MR) is 68.1 cm³/mol. The van der Waals surface area contributed by atoms with Gasteiger partial charge in [0.2, 0.25) is 6.08 Å². The molecule has 0 bridgehead atoms. The molecular formula is C14H16FNO3. The van der Waals surface area contributed by atoms with Crippen LogP contribution < -0.4 is 9.47 Å². The molecule has 0 amide bonds. The molecular weight excluding hydrogens is 249 g/mol. The molecule has 0 aromatic heterocycles. The number of methoxy groups -OCH3 is 2. The highest BCUT2D eigenvalue weighted by Gasteiger charge is 2.47. The van der Waals surface area contributed by atoms with Crippen molar-refractivity contribution in [2.24, 2.45) is 4.99 Å². The van der Waals surface area contributed by atoms with E-state index in [1.165, 1.54) is 21.1 Å². The minimum atomic E-state index is -1.17. The first kappa shape index (κ1) is 13.6. The van der Waals surface area contributed by atoms with Crippen molar-refractivity contribution in [1.29, 1.82) is 0 Å². The average molecular weight is 265 g/mol. The van der Waals surface area contributed by atoms with E-state index in [0.717, 1.165) is 18.4 Å². The molecule has 0 N–H and O–H groups in total. The lowest BCUT2D eigenvalue weighted by Crippen LogP contribution is -2.07. The standard InChI is InChI=1S/C14H16FNO3/c1-9(15)10-6-11(14(4-5-14)16-8-17)13(19-3)7-12(10)18-2/h6-7,9H,4-5H2,1-3H3. The third-order valence-electron chi connectivity index (χ3n) is 3.47. The molecule has 0 aliphatic heterocycles. The fourth-order valence-electron chi connectivity index (χ4n) is 2.25. The van der Waals surface area contributed by atoms with Crippen molar-refractivity contribution < 1.29 is 18.7 Å². The molecule has 0 heterocycles. The summed E-state index contributed by atoms with van der Waals surface area (Å²) in [5.74, 6) is 0.985. The number of benzene rings is 1. The minimum Gasteiger partial charge on any atom is -0.496 e. The highest BCUT2D eigenvalue weighted by molar-refractivity contribution is 5.53. The quantitative estimate of drug-likeness (QED) is 0.607. The summed E-state index contributed by atoms with van der Waals surface area (Å²) in [6.45, 7) is 1.44. The molecule has 1 aromatic rings. The van der Waals surface area contributed by atoms with Gasteiger partial charge in [-0.2, -0.15) is 4.99 Å². The van der Waals surface area contributed by atoms with E-state index in [-0.39, 0.29) is 0 Å². The Kier molecular flexibility index (Phi) is 3.58. The summed E-state index contributed by atoms with van der Waals surface area (Å²) in [7, 11) is 3.01. The smallest absolute Gasteiger partial charge is 0.235 e. The zero-order valence-corrected chi connectivity index (χ0v) is 11.2. The van der Waals surface area contributed by atoms with E-state index in [1.807, 2.05) is 0 Å². The van der Waals surface area contributed by atoms with Crippen molar-refractivity contribution in [3.63, 3.8) is 0 Å². The van der Waals surface area contributed by atoms with E-state index in [2.05, 4.69) is 4.99 Å². The zero-order chi connectivity index (χ0) is 14.0. The van der Waals surface area contributed by atoms with Crippen molar-refractivity contribution in [3.8, 4) is 11.5 Å². The van der Waals surface area contributed by atoms with Gasteiger partial charge in [0.05, 0.1) is 14.2 Å². The number of nitrogens with zero attached hydrogens (tertiary/aromatic N) is 1. The van der Waals surface area contributed by atoms with Crippen molar-refractivity contribution in [2.75, 3.05) is 14.2 Å². The van der Waals surface area contributed by atoms with Gasteiger partial charge < -0.3 is 9.47 Å². The maximum Gasteiger partial charge on any atom is 0.235 e. The summed E-state index contributed by atoms with van der Waals surface area (Å²) in [5, 5.41) is 0. The lowest BCUT2D eigenvalue weighted by atomic mass is 9.98. The lowest BCUT2D eigenvalue weighted by molar-refractivity contribution is 0.341. The topological polar surface area (TPSA) is 47.9 Å². The number of aliphatic imine (C=N–C) groups is 1. The van der Waals surface area contributed by atoms with E-state index in [9.17, 15) is 9.18 Å². The maximum atomic E-state index is 13.7. The molecule has 1 unspecified atom stereocenters. The summed E-state index contributed by atoms with van der Waals surface area (Å²) in [4.78, 5) is 14.4. The summed E-state index contributed by atoms with van der Waals surface area (Å²) >= 11 is 0. The second-order valence-corrected chi connectivity index (χ2v) is 4.65. The third kappa shape index (κ3) is 2.34. The van der Waals surface area contributed by atoms with Crippen LogP contribution in [0.1, 0.15) is 37.1 Å². The van der Waals surface area contributed by atoms with Crippen LogP contribution in [0.4, 0.5) is 4.39 Å². The molecule has 102 valence electrons. The number of halogens is 1. The number of hydrogen-bond donors (Lipinski definition) is 0. The molecule has 1 atom stereocenters. The van der Waals surface area contributed by atoms with Gasteiger partial charge in [0.15, 0.2) is 0 Å². The molecule has 4 nitrogen and oxygen atoms in total. The number of hydrogen-bond acceptors (Lipinski definition) is 4. The molecule has 2 rings (SSSR count). The van der Waals surface area contributed by atoms with Gasteiger partial charge in [-0.1, -0.05) is 0 Å². The second-order valence-electron chi connectivity index (χ2n) is 4.65. The number of carbonyl (C=O) groups excluding carboxylic acids is 1. The molecule has 1 aliphatic carbocycles. The van der Waals surface area contributed by atoms with E-state index in [4.69, 9.17) is 9.47 Å². The van der Waals surface area contributed by atoms with Gasteiger partial charge in [0.25, 0.3) is 0 Å². The highest BCUT2D eigenvalue weighted by atomic mass is 19.1. The summed E-state index contributed by atoms with van der Waals surface area (Å²) in [5.41, 5.74) is 0.563. The van der Waals surface area contributed by atoms with Gasteiger partial charge in [0.1, 0.15) is 23.2 Å². The summed E-state index contributed by atoms with van der Waals surface area (Å²) < 4.78 is 24.1. The van der Waals surface area contributed by atoms with Crippen LogP contribution >= 0.6 is 0 Å². The fraction of sp³-hybridized carbons (Fsp3) is 0.500. The predicted octanol–water partition coefficient (Wildman–Crippen LogP) is 3.06. The van der Waals surface area contributed by atoms with Crippen LogP contribution in [0.3, 0.4) is 0 Å². The van der Waals surface area contributed by atoms with Gasteiger partial charge in [-0.15, -0.1) is 0 Å². The number of alkyl halides is 1. The van der Waals surface area contributed by atoms with Crippen molar-refractivity contribution in [2.45, 2.75) is 31.5 Å². The van der Waals surface area contributed by atoms with Crippen LogP contribution in [0.25, 0.3) is 0 Å². The van der Waals surface area contributed by atoms with Gasteiger partial charge in [-0.25, -0.2) is 9.18 Å². The molecule has 5 heteroatoms. The SMILES string of the molecule is COc1cc(OC)c(C2(N=C=O)CC2)cc1C(C)F. The molecule has 1 fully saturated rings. The number of ether oxygens (including phenoxy) is 2. The highest BCUT2D eigenvalue weighted by Crippen LogP contribution is 2.53. The van der Waals surface area contributed by atoms with Crippen LogP contribution in [0.2, 0.25) is 0 Å². The van der Waals surface area contributed by atoms with E-state index < -0.39 is 11.7 Å². The molecule has 1 saturated carbocycles. The van der Waals surface area contributed by atoms with Crippen LogP contribution in [0.15, 0.2) is 17.1 Å². The number of isocyanates is 1. The van der Waals surface area contributed by atoms with Crippen LogP contribution in [0, 0.1) is 0 Å². The first-order valence-electron chi connectivity index (χ1n) is 6.07. The van der Waals surface area contributed by atoms with Gasteiger partial charge in [0, 0.05) is 17.2 Å². The second kappa shape index (κ2) is 5.02. The Morgan fingerprint density at radius 3 is 2.37 bits per heavy atom. The molecule has 0 saturated heterocycles. The molecule has 0 radical (unpaired) electrons. The lowest BCUT2D eigenvalue weighted by Gasteiger charge is -2.18. The molecule has 1 aromatic carbocycles. The van der Waals surface area contributed by atoms with Gasteiger partial charge >= 0.3 is 0 Å². The maximum absolute atomic E-state index is 13.7. The molecule has 1 aliphatic rings. The van der Waals surface area contributed by atoms with Crippen LogP contribution in [-0.4, -0.2) is 20.3 Å². The third-order valence-corrected chi connectivity index (χ3v) is 3.47. The Labute approximate surface area is 111 Å². The average Bonchev–Trinajstić information content (AvgIpc) is 3.18. The Hall–Kier alpha value is -1.87. The largest absolute Gasteiger partial charge is 0.496 e. The van der Waals surface area contributed by atoms with Crippen LogP contribution in [0.5, 0.6) is 11.5 Å². The molecule has 19 heavy (non-hydrogen) atoms. The molecule has 0 spiro atoms.